The molecule has 2 rings (SSSR count). The van der Waals surface area contributed by atoms with Crippen molar-refractivity contribution in [3.05, 3.63) is 28.1 Å². The lowest BCUT2D eigenvalue weighted by atomic mass is 10.2. The Hall–Kier alpha value is -0.620. The second kappa shape index (κ2) is 3.45. The zero-order chi connectivity index (χ0) is 11.2. The van der Waals surface area contributed by atoms with E-state index in [-0.39, 0.29) is 4.90 Å². The average molecular weight is 262 g/mol. The molecule has 0 saturated carbocycles. The van der Waals surface area contributed by atoms with Crippen LogP contribution in [0.4, 0.5) is 0 Å². The van der Waals surface area contributed by atoms with Crippen molar-refractivity contribution in [3.63, 3.8) is 0 Å². The van der Waals surface area contributed by atoms with E-state index in [4.69, 9.17) is 16.7 Å². The molecule has 2 aromatic rings. The monoisotopic (exact) mass is 261 g/mol. The number of halogens is 1. The molecule has 0 aliphatic heterocycles. The van der Waals surface area contributed by atoms with Gasteiger partial charge < -0.3 is 0 Å². The van der Waals surface area contributed by atoms with E-state index < -0.39 is 10.0 Å². The fourth-order valence-corrected chi connectivity index (χ4v) is 4.19. The minimum Gasteiger partial charge on any atom is -0.225 e. The predicted octanol–water partition coefficient (Wildman–Crippen LogP) is 2.51. The van der Waals surface area contributed by atoms with Gasteiger partial charge in [-0.15, -0.1) is 11.3 Å². The Morgan fingerprint density at radius 1 is 1.40 bits per heavy atom. The van der Waals surface area contributed by atoms with Gasteiger partial charge in [0.25, 0.3) is 0 Å². The molecule has 1 aromatic heterocycles. The Balaban J connectivity index is 2.99. The first kappa shape index (κ1) is 10.9. The van der Waals surface area contributed by atoms with Crippen LogP contribution in [0.25, 0.3) is 10.1 Å². The van der Waals surface area contributed by atoms with Crippen LogP contribution in [0, 0.1) is 6.92 Å². The number of nitrogens with two attached hydrogens (primary N) is 1. The van der Waals surface area contributed by atoms with Crippen molar-refractivity contribution in [2.75, 3.05) is 0 Å². The molecule has 80 valence electrons. The summed E-state index contributed by atoms with van der Waals surface area (Å²) in [7, 11) is -3.68. The number of hydrogen-bond donors (Lipinski definition) is 1. The van der Waals surface area contributed by atoms with Crippen LogP contribution in [0.5, 0.6) is 0 Å². The minimum absolute atomic E-state index is 0.185. The molecule has 0 aliphatic carbocycles. The van der Waals surface area contributed by atoms with Crippen molar-refractivity contribution >= 4 is 43.0 Å². The van der Waals surface area contributed by atoms with E-state index in [0.29, 0.717) is 15.3 Å². The Morgan fingerprint density at radius 3 is 2.67 bits per heavy atom. The van der Waals surface area contributed by atoms with Crippen molar-refractivity contribution in [1.82, 2.24) is 0 Å². The van der Waals surface area contributed by atoms with E-state index in [1.165, 1.54) is 11.3 Å². The number of hydrogen-bond acceptors (Lipinski definition) is 3. The van der Waals surface area contributed by atoms with Gasteiger partial charge in [0.15, 0.2) is 0 Å². The lowest BCUT2D eigenvalue weighted by Gasteiger charge is -1.97. The number of primary sulfonamides is 1. The molecule has 0 amide bonds. The lowest BCUT2D eigenvalue weighted by Crippen LogP contribution is -2.12. The molecule has 2 N–H and O–H groups in total. The van der Waals surface area contributed by atoms with Crippen molar-refractivity contribution in [1.29, 1.82) is 0 Å². The molecule has 0 unspecified atom stereocenters. The first-order chi connectivity index (χ1) is 6.91. The van der Waals surface area contributed by atoms with Crippen LogP contribution in [0.15, 0.2) is 23.1 Å². The van der Waals surface area contributed by atoms with E-state index in [9.17, 15) is 8.42 Å². The summed E-state index contributed by atoms with van der Waals surface area (Å²) in [5.41, 5.74) is 0. The Morgan fingerprint density at radius 2 is 2.07 bits per heavy atom. The van der Waals surface area contributed by atoms with Crippen LogP contribution in [0.2, 0.25) is 5.02 Å². The van der Waals surface area contributed by atoms with Crippen molar-refractivity contribution in [2.45, 2.75) is 11.8 Å². The van der Waals surface area contributed by atoms with Crippen LogP contribution in [-0.4, -0.2) is 8.42 Å². The third kappa shape index (κ3) is 1.76. The van der Waals surface area contributed by atoms with E-state index in [2.05, 4.69) is 0 Å². The van der Waals surface area contributed by atoms with Crippen molar-refractivity contribution < 1.29 is 8.42 Å². The molecule has 0 fully saturated rings. The molecule has 0 atom stereocenters. The van der Waals surface area contributed by atoms with Crippen molar-refractivity contribution in [3.8, 4) is 0 Å². The summed E-state index contributed by atoms with van der Waals surface area (Å²) in [6.45, 7) is 1.72. The predicted molar refractivity (Wildman–Crippen MR) is 62.9 cm³/mol. The van der Waals surface area contributed by atoms with Gasteiger partial charge in [-0.05, 0) is 13.0 Å². The zero-order valence-electron chi connectivity index (χ0n) is 7.82. The summed E-state index contributed by atoms with van der Waals surface area (Å²) in [5.74, 6) is 0. The molecule has 0 aliphatic rings. The van der Waals surface area contributed by atoms with E-state index in [1.807, 2.05) is 0 Å². The Bertz CT molecular complexity index is 631. The SMILES string of the molecule is Cc1sc2c(Cl)cccc2c1S(N)(=O)=O. The maximum Gasteiger partial charge on any atom is 0.239 e. The Labute approximate surface area is 96.5 Å². The smallest absolute Gasteiger partial charge is 0.225 e. The van der Waals surface area contributed by atoms with E-state index in [0.717, 1.165) is 4.70 Å². The molecule has 1 aromatic carbocycles. The van der Waals surface area contributed by atoms with Crippen LogP contribution in [0.1, 0.15) is 4.88 Å². The molecule has 15 heavy (non-hydrogen) atoms. The molecule has 0 bridgehead atoms. The summed E-state index contributed by atoms with van der Waals surface area (Å²) < 4.78 is 23.5. The Kier molecular flexibility index (Phi) is 2.50. The molecule has 3 nitrogen and oxygen atoms in total. The van der Waals surface area contributed by atoms with Crippen molar-refractivity contribution in [2.24, 2.45) is 5.14 Å². The number of benzene rings is 1. The molecular weight excluding hydrogens is 254 g/mol. The van der Waals surface area contributed by atoms with Gasteiger partial charge in [-0.25, -0.2) is 13.6 Å². The topological polar surface area (TPSA) is 60.2 Å². The summed E-state index contributed by atoms with van der Waals surface area (Å²) in [6.07, 6.45) is 0. The molecule has 1 heterocycles. The maximum absolute atomic E-state index is 11.4. The third-order valence-electron chi connectivity index (χ3n) is 2.07. The molecule has 0 saturated heterocycles. The van der Waals surface area contributed by atoms with Gasteiger partial charge in [0.05, 0.1) is 9.72 Å². The van der Waals surface area contributed by atoms with Gasteiger partial charge in [0.2, 0.25) is 10.0 Å². The summed E-state index contributed by atoms with van der Waals surface area (Å²) >= 11 is 7.31. The van der Waals surface area contributed by atoms with Crippen LogP contribution < -0.4 is 5.14 Å². The normalized spacial score (nSPS) is 12.2. The second-order valence-electron chi connectivity index (χ2n) is 3.15. The van der Waals surface area contributed by atoms with Crippen LogP contribution in [0.3, 0.4) is 0 Å². The van der Waals surface area contributed by atoms with Crippen LogP contribution in [-0.2, 0) is 10.0 Å². The van der Waals surface area contributed by atoms with Gasteiger partial charge in [-0.2, -0.15) is 0 Å². The fraction of sp³-hybridized carbons (Fsp3) is 0.111. The van der Waals surface area contributed by atoms with Gasteiger partial charge in [-0.3, -0.25) is 0 Å². The highest BCUT2D eigenvalue weighted by atomic mass is 35.5. The molecular formula is C9H8ClNO2S2. The number of aryl methyl sites for hydroxylation is 1. The first-order valence-electron chi connectivity index (χ1n) is 4.11. The van der Waals surface area contributed by atoms with E-state index >= 15 is 0 Å². The summed E-state index contributed by atoms with van der Waals surface area (Å²) in [6, 6.07) is 5.16. The highest BCUT2D eigenvalue weighted by molar-refractivity contribution is 7.89. The number of thiophene rings is 1. The summed E-state index contributed by atoms with van der Waals surface area (Å²) in [4.78, 5) is 0.852. The van der Waals surface area contributed by atoms with Gasteiger partial charge >= 0.3 is 0 Å². The quantitative estimate of drug-likeness (QED) is 0.857. The maximum atomic E-state index is 11.4. The molecule has 0 spiro atoms. The standard InChI is InChI=1S/C9H8ClNO2S2/c1-5-9(15(11,12)13)6-3-2-4-7(10)8(6)14-5/h2-4H,1H3,(H2,11,12,13). The average Bonchev–Trinajstić information content (AvgIpc) is 2.41. The highest BCUT2D eigenvalue weighted by Crippen LogP contribution is 2.37. The van der Waals surface area contributed by atoms with E-state index in [1.54, 1.807) is 25.1 Å². The number of sulfonamides is 1. The number of fused-ring (bicyclic) bond motifs is 1. The van der Waals surface area contributed by atoms with Gasteiger partial charge in [-0.1, -0.05) is 23.7 Å². The zero-order valence-corrected chi connectivity index (χ0v) is 10.2. The third-order valence-corrected chi connectivity index (χ3v) is 4.88. The van der Waals surface area contributed by atoms with Crippen LogP contribution >= 0.6 is 22.9 Å². The van der Waals surface area contributed by atoms with Gasteiger partial charge in [0.1, 0.15) is 4.90 Å². The minimum atomic E-state index is -3.68. The largest absolute Gasteiger partial charge is 0.239 e. The highest BCUT2D eigenvalue weighted by Gasteiger charge is 2.19. The second-order valence-corrected chi connectivity index (χ2v) is 6.28. The summed E-state index contributed by atoms with van der Waals surface area (Å²) in [5, 5.41) is 6.31. The molecule has 0 radical (unpaired) electrons. The fourth-order valence-electron chi connectivity index (χ4n) is 1.53. The lowest BCUT2D eigenvalue weighted by molar-refractivity contribution is 0.598. The molecule has 6 heteroatoms. The first-order valence-corrected chi connectivity index (χ1v) is 6.86. The van der Waals surface area contributed by atoms with Gasteiger partial charge in [0, 0.05) is 10.3 Å². The number of rotatable bonds is 1.